The van der Waals surface area contributed by atoms with Crippen LogP contribution in [0.3, 0.4) is 0 Å². The van der Waals surface area contributed by atoms with Gasteiger partial charge in [-0.25, -0.2) is 28.3 Å². The van der Waals surface area contributed by atoms with E-state index in [4.69, 9.17) is 70.6 Å². The second kappa shape index (κ2) is 28.8. The summed E-state index contributed by atoms with van der Waals surface area (Å²) < 4.78 is 48.0. The quantitative estimate of drug-likeness (QED) is 0.0427. The summed E-state index contributed by atoms with van der Waals surface area (Å²) in [4.78, 5) is 72.4. The van der Waals surface area contributed by atoms with Crippen molar-refractivity contribution < 1.29 is 42.2 Å². The molecule has 82 heavy (non-hydrogen) atoms. The Bertz CT molecular complexity index is 3260. The number of amides is 2. The van der Waals surface area contributed by atoms with E-state index < -0.39 is 66.4 Å². The molecule has 0 atom stereocenters. The minimum absolute atomic E-state index is 0. The minimum Gasteiger partial charge on any atom is -0.492 e. The molecule has 0 unspecified atom stereocenters. The highest BCUT2D eigenvalue weighted by atomic mass is 35.5. The third-order valence-electron chi connectivity index (χ3n) is 14.6. The summed E-state index contributed by atoms with van der Waals surface area (Å²) in [6, 6.07) is 29.4. The van der Waals surface area contributed by atoms with Gasteiger partial charge in [-0.2, -0.15) is 0 Å². The van der Waals surface area contributed by atoms with Gasteiger partial charge in [-0.3, -0.25) is 9.59 Å². The highest BCUT2D eigenvalue weighted by Gasteiger charge is 2.53. The van der Waals surface area contributed by atoms with Crippen molar-refractivity contribution in [3.63, 3.8) is 0 Å². The number of pyridine rings is 2. The van der Waals surface area contributed by atoms with Crippen molar-refractivity contribution in [2.75, 3.05) is 54.5 Å². The normalized spacial score (nSPS) is 15.1. The number of hydrogen-bond donors (Lipinski definition) is 2. The molecule has 13 nitrogen and oxygen atoms in total. The molecular weight excluding hydrogens is 1180 g/mol. The van der Waals surface area contributed by atoms with Crippen molar-refractivity contribution in [1.29, 1.82) is 0 Å². The topological polar surface area (TPSA) is 152 Å². The number of esters is 2. The van der Waals surface area contributed by atoms with Crippen LogP contribution in [0.5, 0.6) is 11.5 Å². The second-order valence-electron chi connectivity index (χ2n) is 21.1. The number of ether oxygens (including phenoxy) is 3. The fourth-order valence-corrected chi connectivity index (χ4v) is 10.9. The van der Waals surface area contributed by atoms with Gasteiger partial charge in [0.25, 0.3) is 11.8 Å². The molecule has 2 aliphatic rings. The Morgan fingerprint density at radius 3 is 1.49 bits per heavy atom. The number of rotatable bonds is 20. The Labute approximate surface area is 509 Å². The van der Waals surface area contributed by atoms with Gasteiger partial charge in [0, 0.05) is 63.8 Å². The third-order valence-corrected chi connectivity index (χ3v) is 15.7. The Morgan fingerprint density at radius 2 is 1.01 bits per heavy atom. The molecule has 438 valence electrons. The van der Waals surface area contributed by atoms with Crippen molar-refractivity contribution in [3.8, 4) is 56.3 Å². The van der Waals surface area contributed by atoms with Crippen LogP contribution in [-0.4, -0.2) is 115 Å². The highest BCUT2D eigenvalue weighted by molar-refractivity contribution is 6.36. The number of carbonyl (C=O) groups is 4. The van der Waals surface area contributed by atoms with Crippen LogP contribution in [-0.2, 0) is 14.3 Å². The van der Waals surface area contributed by atoms with Gasteiger partial charge < -0.3 is 34.6 Å². The van der Waals surface area contributed by atoms with E-state index in [0.29, 0.717) is 96.9 Å². The maximum atomic E-state index is 15.0. The van der Waals surface area contributed by atoms with Crippen LogP contribution >= 0.6 is 71.2 Å². The highest BCUT2D eigenvalue weighted by Crippen LogP contribution is 2.43. The van der Waals surface area contributed by atoms with Gasteiger partial charge in [-0.1, -0.05) is 108 Å². The van der Waals surface area contributed by atoms with Gasteiger partial charge in [0.15, 0.2) is 0 Å². The molecule has 2 heterocycles. The number of carbonyl (C=O) groups excluding carboxylic acids is 4. The van der Waals surface area contributed by atoms with Gasteiger partial charge in [-0.15, -0.1) is 24.8 Å². The largest absolute Gasteiger partial charge is 0.492 e. The minimum atomic E-state index is -3.16. The van der Waals surface area contributed by atoms with Crippen molar-refractivity contribution in [2.45, 2.75) is 94.6 Å². The predicted octanol–water partition coefficient (Wildman–Crippen LogP) is 14.5. The molecule has 0 bridgehead atoms. The van der Waals surface area contributed by atoms with E-state index in [1.165, 1.54) is 12.1 Å². The van der Waals surface area contributed by atoms with Crippen LogP contribution in [0.2, 0.25) is 20.1 Å². The lowest BCUT2D eigenvalue weighted by molar-refractivity contribution is -0.172. The Balaban J connectivity index is 0.00000541. The summed E-state index contributed by atoms with van der Waals surface area (Å²) in [6.07, 6.45) is 0.669. The fraction of sp³-hybridized carbons (Fsp3) is 0.377. The number of nitrogens with zero attached hydrogens (tertiary/aromatic N) is 4. The second-order valence-corrected chi connectivity index (χ2v) is 22.7. The molecule has 4 aromatic carbocycles. The lowest BCUT2D eigenvalue weighted by Crippen LogP contribution is -2.61. The first kappa shape index (κ1) is 65.5. The number of aromatic nitrogens is 2. The molecule has 2 fully saturated rings. The van der Waals surface area contributed by atoms with E-state index in [-0.39, 0.29) is 49.0 Å². The number of alkyl halides is 2. The SMILES string of the molecule is Cc1ccccc1-c1ccc(C(=O)NC2(C(=O)OC(=O)C3(NC(=O)c4ccc(-c5ccc(Cl)cc5Cl)c(-c5ccc(Cl)c(OCCCN(C)C)c5)n4)CCCCC3)CCC(F)(F)CC2)nc1-c1ccc(Cl)c(OCCCN(C)C)c1.Cl.Cl. The first-order valence-electron chi connectivity index (χ1n) is 26.6. The lowest BCUT2D eigenvalue weighted by atomic mass is 9.79. The van der Waals surface area contributed by atoms with Crippen LogP contribution < -0.4 is 20.1 Å². The van der Waals surface area contributed by atoms with Crippen molar-refractivity contribution >= 4 is 95.0 Å². The molecule has 0 saturated heterocycles. The molecule has 0 aliphatic heterocycles. The van der Waals surface area contributed by atoms with Crippen LogP contribution in [0, 0.1) is 6.92 Å². The molecule has 8 rings (SSSR count). The lowest BCUT2D eigenvalue weighted by Gasteiger charge is -2.40. The zero-order valence-electron chi connectivity index (χ0n) is 46.2. The van der Waals surface area contributed by atoms with E-state index in [1.807, 2.05) is 69.2 Å². The monoisotopic (exact) mass is 1240 g/mol. The molecule has 2 amide bonds. The number of benzene rings is 4. The predicted molar refractivity (Wildman–Crippen MR) is 325 cm³/mol. The van der Waals surface area contributed by atoms with Gasteiger partial charge in [0.1, 0.15) is 34.0 Å². The Hall–Kier alpha value is -5.62. The molecule has 2 aromatic heterocycles. The maximum absolute atomic E-state index is 15.0. The smallest absolute Gasteiger partial charge is 0.339 e. The van der Waals surface area contributed by atoms with Crippen molar-refractivity contribution in [3.05, 3.63) is 140 Å². The summed E-state index contributed by atoms with van der Waals surface area (Å²) in [6.45, 7) is 4.32. The number of halogens is 8. The number of hydrogen-bond acceptors (Lipinski definition) is 11. The third kappa shape index (κ3) is 16.0. The Kier molecular flexibility index (Phi) is 23.0. The van der Waals surface area contributed by atoms with E-state index in [1.54, 1.807) is 66.7 Å². The molecule has 2 N–H and O–H groups in total. The summed E-state index contributed by atoms with van der Waals surface area (Å²) in [5.41, 5.74) is 1.39. The van der Waals surface area contributed by atoms with Gasteiger partial charge in [0.2, 0.25) is 5.92 Å². The molecule has 6 aromatic rings. The Morgan fingerprint density at radius 1 is 0.549 bits per heavy atom. The average Bonchev–Trinajstić information content (AvgIpc) is 3.56. The van der Waals surface area contributed by atoms with Crippen LogP contribution in [0.1, 0.15) is 97.2 Å². The zero-order valence-corrected chi connectivity index (χ0v) is 50.8. The molecule has 21 heteroatoms. The van der Waals surface area contributed by atoms with E-state index in [2.05, 4.69) is 10.6 Å². The summed E-state index contributed by atoms with van der Waals surface area (Å²) in [7, 11) is 7.88. The van der Waals surface area contributed by atoms with E-state index in [0.717, 1.165) is 43.5 Å². The van der Waals surface area contributed by atoms with Crippen molar-refractivity contribution in [2.24, 2.45) is 0 Å². The van der Waals surface area contributed by atoms with Gasteiger partial charge >= 0.3 is 11.9 Å². The molecule has 2 saturated carbocycles. The number of nitrogens with one attached hydrogen (secondary N) is 2. The maximum Gasteiger partial charge on any atom is 0.339 e. The first-order chi connectivity index (χ1) is 38.2. The van der Waals surface area contributed by atoms with Gasteiger partial charge in [-0.05, 0) is 145 Å². The summed E-state index contributed by atoms with van der Waals surface area (Å²) in [5, 5.41) is 7.09. The molecule has 2 aliphatic carbocycles. The zero-order chi connectivity index (χ0) is 57.4. The van der Waals surface area contributed by atoms with Crippen LogP contribution in [0.15, 0.2) is 103 Å². The van der Waals surface area contributed by atoms with Crippen LogP contribution in [0.4, 0.5) is 8.78 Å². The summed E-state index contributed by atoms with van der Waals surface area (Å²) in [5.74, 6) is -6.28. The van der Waals surface area contributed by atoms with E-state index in [9.17, 15) is 19.2 Å². The first-order valence-corrected chi connectivity index (χ1v) is 28.2. The molecule has 0 radical (unpaired) electrons. The average molecular weight is 1250 g/mol. The fourth-order valence-electron chi connectivity index (χ4n) is 10.1. The van der Waals surface area contributed by atoms with E-state index >= 15 is 8.78 Å². The van der Waals surface area contributed by atoms with Crippen molar-refractivity contribution in [1.82, 2.24) is 30.4 Å². The molecular formula is C61H66Cl6F2N6O7. The summed E-state index contributed by atoms with van der Waals surface area (Å²) >= 11 is 26.3. The van der Waals surface area contributed by atoms with Gasteiger partial charge in [0.05, 0.1) is 34.6 Å². The standard InChI is InChI=1S/C61H64Cl4F2N6O7.2ClH/c1-38-13-7-8-14-42(38)44-19-23-49(68-53(44)39-15-21-46(63)51(35-39)78-33-11-31-72(2)3)56(75)71-60(27-29-61(66,67)30-28-60)58(77)80-57(76)59(25-9-6-10-26-59)70-55(74)50-24-20-45(43-18-17-41(62)37-48(43)65)54(69-50)40-16-22-47(64)52(36-40)79-34-12-32-73(4)5;;/h7-8,13-24,35-37H,6,9-12,25-34H2,1-5H3,(H,70,74)(H,71,75);2*1H. The van der Waals surface area contributed by atoms with Crippen LogP contribution in [0.25, 0.3) is 44.8 Å². The number of aryl methyl sites for hydroxylation is 1. The molecule has 0 spiro atoms.